The fourth-order valence-electron chi connectivity index (χ4n) is 3.63. The number of nitrogens with one attached hydrogen (secondary N) is 3. The van der Waals surface area contributed by atoms with Gasteiger partial charge in [0, 0.05) is 46.6 Å². The Labute approximate surface area is 210 Å². The summed E-state index contributed by atoms with van der Waals surface area (Å²) in [7, 11) is 8.64. The van der Waals surface area contributed by atoms with E-state index in [4.69, 9.17) is 0 Å². The van der Waals surface area contributed by atoms with E-state index < -0.39 is 17.5 Å². The first-order chi connectivity index (χ1) is 17.5. The molecule has 0 unspecified atom stereocenters. The molecule has 0 aliphatic carbocycles. The lowest BCUT2D eigenvalue weighted by Crippen LogP contribution is -2.32. The molecule has 15 nitrogen and oxygen atoms in total. The van der Waals surface area contributed by atoms with Gasteiger partial charge in [0.15, 0.2) is 11.3 Å². The Hall–Kier alpha value is -4.79. The van der Waals surface area contributed by atoms with Gasteiger partial charge in [-0.15, -0.1) is 5.10 Å². The number of rotatable bonds is 8. The molecule has 37 heavy (non-hydrogen) atoms. The van der Waals surface area contributed by atoms with Crippen LogP contribution in [0.3, 0.4) is 0 Å². The molecule has 0 spiro atoms. The van der Waals surface area contributed by atoms with Crippen molar-refractivity contribution in [1.29, 1.82) is 0 Å². The summed E-state index contributed by atoms with van der Waals surface area (Å²) in [4.78, 5) is 56.2. The zero-order valence-corrected chi connectivity index (χ0v) is 21.0. The highest BCUT2D eigenvalue weighted by Crippen LogP contribution is 2.18. The van der Waals surface area contributed by atoms with Gasteiger partial charge in [-0.2, -0.15) is 4.68 Å². The van der Waals surface area contributed by atoms with Gasteiger partial charge in [0.25, 0.3) is 17.7 Å². The van der Waals surface area contributed by atoms with Crippen LogP contribution in [-0.4, -0.2) is 83.3 Å². The lowest BCUT2D eigenvalue weighted by molar-refractivity contribution is 0.0941. The van der Waals surface area contributed by atoms with E-state index >= 15 is 0 Å². The van der Waals surface area contributed by atoms with Crippen molar-refractivity contribution in [3.8, 4) is 0 Å². The zero-order chi connectivity index (χ0) is 26.9. The molecule has 3 amide bonds. The maximum Gasteiger partial charge on any atom is 0.352 e. The lowest BCUT2D eigenvalue weighted by Gasteiger charge is -2.10. The van der Waals surface area contributed by atoms with Crippen molar-refractivity contribution in [2.75, 3.05) is 37.8 Å². The highest BCUT2D eigenvalue weighted by atomic mass is 16.2. The van der Waals surface area contributed by atoms with Gasteiger partial charge < -0.3 is 30.0 Å². The van der Waals surface area contributed by atoms with Gasteiger partial charge in [0.1, 0.15) is 17.7 Å². The monoisotopic (exact) mass is 509 g/mol. The molecule has 0 fully saturated rings. The summed E-state index contributed by atoms with van der Waals surface area (Å²) in [6.07, 6.45) is 4.39. The third-order valence-electron chi connectivity index (χ3n) is 5.55. The second kappa shape index (κ2) is 10.1. The van der Waals surface area contributed by atoms with E-state index in [1.54, 1.807) is 41.7 Å². The predicted octanol–water partition coefficient (Wildman–Crippen LogP) is -0.704. The summed E-state index contributed by atoms with van der Waals surface area (Å²) in [5.41, 5.74) is 0.885. The number of hydrogen-bond donors (Lipinski definition) is 3. The van der Waals surface area contributed by atoms with Crippen LogP contribution in [0.4, 0.5) is 11.4 Å². The number of fused-ring (bicyclic) bond motifs is 1. The van der Waals surface area contributed by atoms with Crippen LogP contribution < -0.4 is 21.6 Å². The van der Waals surface area contributed by atoms with Crippen molar-refractivity contribution in [3.63, 3.8) is 0 Å². The van der Waals surface area contributed by atoms with E-state index in [0.29, 0.717) is 30.2 Å². The van der Waals surface area contributed by atoms with Crippen LogP contribution in [0.25, 0.3) is 5.65 Å². The third-order valence-corrected chi connectivity index (χ3v) is 5.55. The number of carbonyl (C=O) groups is 3. The Morgan fingerprint density at radius 2 is 1.51 bits per heavy atom. The number of carbonyl (C=O) groups excluding carboxylic acids is 3. The molecule has 0 aliphatic heterocycles. The van der Waals surface area contributed by atoms with E-state index in [1.165, 1.54) is 19.4 Å². The molecule has 194 valence electrons. The average molecular weight is 510 g/mol. The first kappa shape index (κ1) is 25.3. The normalized spacial score (nSPS) is 11.2. The van der Waals surface area contributed by atoms with Crippen LogP contribution in [-0.2, 0) is 21.1 Å². The van der Waals surface area contributed by atoms with Crippen LogP contribution in [0.15, 0.2) is 35.6 Å². The second-order valence-electron chi connectivity index (χ2n) is 8.70. The molecule has 0 atom stereocenters. The molecule has 15 heteroatoms. The van der Waals surface area contributed by atoms with Crippen molar-refractivity contribution in [3.05, 3.63) is 58.4 Å². The predicted molar refractivity (Wildman–Crippen MR) is 134 cm³/mol. The first-order valence-corrected chi connectivity index (χ1v) is 11.2. The molecule has 0 bridgehead atoms. The van der Waals surface area contributed by atoms with Crippen molar-refractivity contribution >= 4 is 34.7 Å². The molecule has 4 heterocycles. The van der Waals surface area contributed by atoms with Gasteiger partial charge in [0.2, 0.25) is 0 Å². The standard InChI is InChI=1S/C22H27N11O4/c1-29(2)7-6-23-19(34)15-8-13(10-30(15)3)25-20(35)16-9-14(11-31(16)4)26-21(36)17-18-27-28-32(5)22(37)33(18)12-24-17/h8-12H,6-7H2,1-5H3,(H,23,34)(H,25,35)(H,26,36). The van der Waals surface area contributed by atoms with Crippen LogP contribution in [0.2, 0.25) is 0 Å². The van der Waals surface area contributed by atoms with Gasteiger partial charge >= 0.3 is 5.69 Å². The smallest absolute Gasteiger partial charge is 0.349 e. The summed E-state index contributed by atoms with van der Waals surface area (Å²) in [6.45, 7) is 1.20. The number of aromatic nitrogens is 7. The Morgan fingerprint density at radius 1 is 0.919 bits per heavy atom. The molecular weight excluding hydrogens is 482 g/mol. The summed E-state index contributed by atoms with van der Waals surface area (Å²) >= 11 is 0. The van der Waals surface area contributed by atoms with Gasteiger partial charge in [-0.3, -0.25) is 14.4 Å². The quantitative estimate of drug-likeness (QED) is 0.280. The van der Waals surface area contributed by atoms with Crippen LogP contribution in [0.1, 0.15) is 31.5 Å². The fraction of sp³-hybridized carbons (Fsp3) is 0.318. The minimum absolute atomic E-state index is 0.0140. The topological polar surface area (TPSA) is 165 Å². The SMILES string of the molecule is CN(C)CCNC(=O)c1cc(NC(=O)c2cc(NC(=O)c3ncn4c(=O)n(C)nnc34)cn2C)cn1C. The molecule has 0 saturated carbocycles. The molecule has 0 saturated heterocycles. The minimum atomic E-state index is -0.615. The highest BCUT2D eigenvalue weighted by Gasteiger charge is 2.20. The summed E-state index contributed by atoms with van der Waals surface area (Å²) in [6, 6.07) is 3.08. The van der Waals surface area contributed by atoms with Gasteiger partial charge in [0.05, 0.1) is 11.4 Å². The molecule has 4 aromatic heterocycles. The van der Waals surface area contributed by atoms with Crippen molar-refractivity contribution in [2.24, 2.45) is 21.1 Å². The van der Waals surface area contributed by atoms with Crippen LogP contribution in [0.5, 0.6) is 0 Å². The van der Waals surface area contributed by atoms with Crippen LogP contribution >= 0.6 is 0 Å². The molecule has 0 aliphatic rings. The maximum atomic E-state index is 12.9. The van der Waals surface area contributed by atoms with E-state index in [-0.39, 0.29) is 22.9 Å². The third kappa shape index (κ3) is 5.25. The van der Waals surface area contributed by atoms with E-state index in [1.807, 2.05) is 19.0 Å². The number of likely N-dealkylation sites (N-methyl/N-ethyl adjacent to an activating group) is 1. The van der Waals surface area contributed by atoms with E-state index in [9.17, 15) is 19.2 Å². The Balaban J connectivity index is 1.45. The number of hydrogen-bond acceptors (Lipinski definition) is 8. The highest BCUT2D eigenvalue weighted by molar-refractivity contribution is 6.08. The Kier molecular flexibility index (Phi) is 6.88. The molecule has 4 rings (SSSR count). The van der Waals surface area contributed by atoms with Gasteiger partial charge in [-0.1, -0.05) is 5.21 Å². The largest absolute Gasteiger partial charge is 0.352 e. The molecule has 0 radical (unpaired) electrons. The Bertz CT molecular complexity index is 1560. The number of aryl methyl sites for hydroxylation is 3. The van der Waals surface area contributed by atoms with Gasteiger partial charge in [-0.05, 0) is 26.2 Å². The van der Waals surface area contributed by atoms with Crippen molar-refractivity contribution in [1.82, 2.24) is 43.7 Å². The Morgan fingerprint density at radius 3 is 2.14 bits per heavy atom. The molecular formula is C22H27N11O4. The fourth-order valence-corrected chi connectivity index (χ4v) is 3.63. The van der Waals surface area contributed by atoms with Crippen molar-refractivity contribution in [2.45, 2.75) is 0 Å². The van der Waals surface area contributed by atoms with Gasteiger partial charge in [-0.25, -0.2) is 14.2 Å². The minimum Gasteiger partial charge on any atom is -0.349 e. The van der Waals surface area contributed by atoms with Crippen LogP contribution in [0, 0.1) is 0 Å². The first-order valence-electron chi connectivity index (χ1n) is 11.2. The summed E-state index contributed by atoms with van der Waals surface area (Å²) < 4.78 is 5.31. The zero-order valence-electron chi connectivity index (χ0n) is 21.0. The number of amides is 3. The van der Waals surface area contributed by atoms with E-state index in [0.717, 1.165) is 9.08 Å². The lowest BCUT2D eigenvalue weighted by atomic mass is 10.3. The maximum absolute atomic E-state index is 12.9. The van der Waals surface area contributed by atoms with Crippen molar-refractivity contribution < 1.29 is 14.4 Å². The molecule has 0 aromatic carbocycles. The summed E-state index contributed by atoms with van der Waals surface area (Å²) in [5.74, 6) is -1.30. The average Bonchev–Trinajstić information content (AvgIpc) is 3.52. The number of nitrogens with zero attached hydrogens (tertiary/aromatic N) is 8. The molecule has 3 N–H and O–H groups in total. The number of anilines is 2. The van der Waals surface area contributed by atoms with E-state index in [2.05, 4.69) is 31.2 Å². The molecule has 4 aromatic rings. The summed E-state index contributed by atoms with van der Waals surface area (Å²) in [5, 5.41) is 15.8. The second-order valence-corrected chi connectivity index (χ2v) is 8.70. The number of imidazole rings is 1.